The Morgan fingerprint density at radius 2 is 1.18 bits per heavy atom. The van der Waals surface area contributed by atoms with Gasteiger partial charge < -0.3 is 40.8 Å². The van der Waals surface area contributed by atoms with E-state index in [1.165, 1.54) is 13.5 Å². The summed E-state index contributed by atoms with van der Waals surface area (Å²) in [5.41, 5.74) is 0.181. The van der Waals surface area contributed by atoms with Crippen molar-refractivity contribution in [1.29, 1.82) is 0 Å². The summed E-state index contributed by atoms with van der Waals surface area (Å²) in [5, 5.41) is 0. The Labute approximate surface area is 233 Å². The molecule has 0 aliphatic heterocycles. The number of rotatable bonds is 18. The maximum Gasteiger partial charge on any atom is 0.632 e. The van der Waals surface area contributed by atoms with Gasteiger partial charge in [-0.05, 0) is 6.92 Å². The van der Waals surface area contributed by atoms with Crippen molar-refractivity contribution in [2.24, 2.45) is 0 Å². The number of esters is 3. The molecule has 0 amide bonds. The minimum Gasteiger partial charge on any atom is -0.631 e. The minimum absolute atomic E-state index is 0.181. The van der Waals surface area contributed by atoms with E-state index in [1.54, 1.807) is 0 Å². The smallest absolute Gasteiger partial charge is 0.631 e. The van der Waals surface area contributed by atoms with Crippen LogP contribution in [0.3, 0.4) is 0 Å². The van der Waals surface area contributed by atoms with Crippen LogP contribution in [0.25, 0.3) is 0 Å². The second kappa shape index (κ2) is 18.6. The molecule has 0 aromatic rings. The Hall–Kier alpha value is -3.62. The Morgan fingerprint density at radius 1 is 0.700 bits per heavy atom. The van der Waals surface area contributed by atoms with Crippen LogP contribution >= 0.6 is 0 Å². The molecule has 16 nitrogen and oxygen atoms in total. The van der Waals surface area contributed by atoms with Crippen LogP contribution in [0.4, 0.5) is 0 Å². The van der Waals surface area contributed by atoms with Gasteiger partial charge in [0.1, 0.15) is 19.8 Å². The molecule has 0 aliphatic carbocycles. The summed E-state index contributed by atoms with van der Waals surface area (Å²) in [6.45, 7) is 8.79. The van der Waals surface area contributed by atoms with Gasteiger partial charge in [0, 0.05) is 39.8 Å². The molecule has 0 radical (unpaired) electrons. The maximum atomic E-state index is 12.2. The molecule has 0 saturated carbocycles. The van der Waals surface area contributed by atoms with Gasteiger partial charge in [0.2, 0.25) is 0 Å². The zero-order valence-corrected chi connectivity index (χ0v) is 25.1. The van der Waals surface area contributed by atoms with Crippen LogP contribution in [-0.4, -0.2) is 92.6 Å². The first-order valence-corrected chi connectivity index (χ1v) is 15.0. The molecule has 0 N–H and O–H groups in total. The number of carbonyl (C=O) groups is 7. The van der Waals surface area contributed by atoms with Gasteiger partial charge in [-0.15, -0.1) is 0 Å². The van der Waals surface area contributed by atoms with Crippen molar-refractivity contribution in [1.82, 2.24) is 0 Å². The van der Waals surface area contributed by atoms with E-state index in [0.717, 1.165) is 27.7 Å². The van der Waals surface area contributed by atoms with Crippen molar-refractivity contribution in [2.75, 3.05) is 26.4 Å². The fraction of sp³-hybridized carbons (Fsp3) is 0.591. The number of ether oxygens (including phenoxy) is 3. The zero-order valence-electron chi connectivity index (χ0n) is 23.1. The van der Waals surface area contributed by atoms with Crippen LogP contribution in [0.5, 0.6) is 0 Å². The molecule has 0 spiro atoms. The quantitative estimate of drug-likeness (QED) is 0.0668. The molecule has 0 aliphatic rings. The van der Waals surface area contributed by atoms with Crippen LogP contribution < -0.4 is 0 Å². The molecule has 0 aromatic carbocycles. The molecule has 1 unspecified atom stereocenters. The van der Waals surface area contributed by atoms with Crippen molar-refractivity contribution < 1.29 is 74.3 Å². The molecule has 0 saturated heterocycles. The lowest BCUT2D eigenvalue weighted by atomic mass is 10.3. The predicted octanol–water partition coefficient (Wildman–Crippen LogP) is 0.180. The average Bonchev–Trinajstić information content (AvgIpc) is 2.79. The summed E-state index contributed by atoms with van der Waals surface area (Å²) in [6.07, 6.45) is -2.05. The Balaban J connectivity index is 5.15. The summed E-state index contributed by atoms with van der Waals surface area (Å²) in [6, 6.07) is 0. The van der Waals surface area contributed by atoms with Crippen LogP contribution in [0, 0.1) is 0 Å². The lowest BCUT2D eigenvalue weighted by molar-refractivity contribution is -0.155. The standard InChI is InChI=1S/C22H33O16Si2/c1-14(2)22(29)31-11-10-30-20(27)8-9-21(28)32-12-19(36-39(34-15(3)23)35-16(4)24)13-33-40(7,37-17(5)25)38-18(6)26/h19H,1,8-13H2,2-7H3/q-1. The number of hydrogen-bond donors (Lipinski definition) is 0. The van der Waals surface area contributed by atoms with E-state index in [4.69, 9.17) is 40.8 Å². The van der Waals surface area contributed by atoms with Gasteiger partial charge >= 0.3 is 36.2 Å². The molecule has 0 fully saturated rings. The van der Waals surface area contributed by atoms with Gasteiger partial charge in [-0.25, -0.2) is 4.79 Å². The SMILES string of the molecule is C=C(C)C(=O)OCCOC(=O)CCC(=O)OCC(CO[Si](C)(OC(C)=O)OC(C)=O)O[Si-](OC(C)=O)OC(C)=O. The highest BCUT2D eigenvalue weighted by atomic mass is 28.4. The molecule has 1 atom stereocenters. The highest BCUT2D eigenvalue weighted by molar-refractivity contribution is 6.62. The summed E-state index contributed by atoms with van der Waals surface area (Å²) in [5.74, 6) is -5.55. The van der Waals surface area contributed by atoms with Crippen LogP contribution in [0.2, 0.25) is 6.55 Å². The highest BCUT2D eigenvalue weighted by Crippen LogP contribution is 2.13. The van der Waals surface area contributed by atoms with Crippen LogP contribution in [-0.2, 0) is 74.3 Å². The molecule has 40 heavy (non-hydrogen) atoms. The fourth-order valence-corrected chi connectivity index (χ4v) is 5.06. The van der Waals surface area contributed by atoms with Gasteiger partial charge in [0.25, 0.3) is 23.9 Å². The van der Waals surface area contributed by atoms with Crippen molar-refractivity contribution in [2.45, 2.75) is 60.1 Å². The van der Waals surface area contributed by atoms with Gasteiger partial charge in [-0.2, -0.15) is 0 Å². The van der Waals surface area contributed by atoms with E-state index in [1.807, 2.05) is 0 Å². The molecule has 0 heterocycles. The molecule has 226 valence electrons. The molecule has 0 aromatic heterocycles. The van der Waals surface area contributed by atoms with E-state index in [-0.39, 0.29) is 25.2 Å². The Morgan fingerprint density at radius 3 is 1.62 bits per heavy atom. The first-order valence-electron chi connectivity index (χ1n) is 11.6. The largest absolute Gasteiger partial charge is 0.632 e. The van der Waals surface area contributed by atoms with E-state index >= 15 is 0 Å². The summed E-state index contributed by atoms with van der Waals surface area (Å²) in [7, 11) is -6.93. The van der Waals surface area contributed by atoms with Crippen molar-refractivity contribution in [3.05, 3.63) is 12.2 Å². The van der Waals surface area contributed by atoms with Crippen LogP contribution in [0.1, 0.15) is 47.5 Å². The van der Waals surface area contributed by atoms with Crippen molar-refractivity contribution >= 4 is 60.1 Å². The molecule has 18 heteroatoms. The minimum atomic E-state index is -3.89. The van der Waals surface area contributed by atoms with Gasteiger partial charge in [-0.1, -0.05) is 6.58 Å². The third-order valence-electron chi connectivity index (χ3n) is 3.80. The zero-order chi connectivity index (χ0) is 30.9. The lowest BCUT2D eigenvalue weighted by Crippen LogP contribution is -2.48. The fourth-order valence-electron chi connectivity index (χ4n) is 2.35. The van der Waals surface area contributed by atoms with E-state index < -0.39 is 85.9 Å². The third-order valence-corrected chi connectivity index (χ3v) is 7.24. The average molecular weight is 610 g/mol. The first-order chi connectivity index (χ1) is 18.5. The molecule has 0 bridgehead atoms. The highest BCUT2D eigenvalue weighted by Gasteiger charge is 2.43. The van der Waals surface area contributed by atoms with Crippen molar-refractivity contribution in [3.8, 4) is 0 Å². The summed E-state index contributed by atoms with van der Waals surface area (Å²) in [4.78, 5) is 80.9. The Kier molecular flexibility index (Phi) is 16.9. The van der Waals surface area contributed by atoms with Crippen LogP contribution in [0.15, 0.2) is 12.2 Å². The predicted molar refractivity (Wildman–Crippen MR) is 132 cm³/mol. The van der Waals surface area contributed by atoms with E-state index in [0.29, 0.717) is 0 Å². The lowest BCUT2D eigenvalue weighted by Gasteiger charge is -2.34. The maximum absolute atomic E-state index is 12.2. The molecular formula is C22H33O16Si2-. The second-order valence-electron chi connectivity index (χ2n) is 7.86. The normalized spacial score (nSPS) is 11.5. The number of hydrogen-bond acceptors (Lipinski definition) is 16. The first kappa shape index (κ1) is 36.4. The summed E-state index contributed by atoms with van der Waals surface area (Å²) < 4.78 is 45.4. The second-order valence-corrected chi connectivity index (χ2v) is 11.4. The van der Waals surface area contributed by atoms with E-state index in [9.17, 15) is 33.6 Å². The number of carbonyl (C=O) groups excluding carboxylic acids is 7. The molecular weight excluding hydrogens is 576 g/mol. The topological polar surface area (TPSA) is 203 Å². The monoisotopic (exact) mass is 609 g/mol. The van der Waals surface area contributed by atoms with Crippen molar-refractivity contribution in [3.63, 3.8) is 0 Å². The van der Waals surface area contributed by atoms with Gasteiger partial charge in [0.15, 0.2) is 0 Å². The third kappa shape index (κ3) is 18.6. The summed E-state index contributed by atoms with van der Waals surface area (Å²) >= 11 is 0. The van der Waals surface area contributed by atoms with Gasteiger partial charge in [-0.3, -0.25) is 28.8 Å². The molecule has 0 rings (SSSR count). The Bertz CT molecular complexity index is 917. The van der Waals surface area contributed by atoms with Gasteiger partial charge in [0.05, 0.1) is 25.6 Å². The van der Waals surface area contributed by atoms with E-state index in [2.05, 4.69) is 6.58 Å².